The molecule has 1 heterocycles. The largest absolute Gasteiger partial charge is 0.380 e. The molecule has 1 fully saturated rings. The van der Waals surface area contributed by atoms with Crippen LogP contribution in [0.4, 0.5) is 4.39 Å². The highest BCUT2D eigenvalue weighted by atomic mass is 19.1. The van der Waals surface area contributed by atoms with Crippen molar-refractivity contribution < 1.29 is 14.2 Å². The number of aliphatic hydroxyl groups is 1. The molecule has 13 heavy (non-hydrogen) atoms. The molecule has 0 atom stereocenters. The van der Waals surface area contributed by atoms with Crippen molar-refractivity contribution in [1.82, 2.24) is 0 Å². The maximum atomic E-state index is 12.9. The molecular weight excluding hydrogens is 171 g/mol. The summed E-state index contributed by atoms with van der Waals surface area (Å²) in [6, 6.07) is 4.64. The first kappa shape index (κ1) is 8.66. The smallest absolute Gasteiger partial charge is 0.136 e. The maximum absolute atomic E-state index is 12.9. The van der Waals surface area contributed by atoms with Crippen LogP contribution in [-0.2, 0) is 10.3 Å². The molecule has 0 amide bonds. The Morgan fingerprint density at radius 2 is 2.15 bits per heavy atom. The summed E-state index contributed by atoms with van der Waals surface area (Å²) in [6.07, 6.45) is 0. The predicted molar refractivity (Wildman–Crippen MR) is 45.9 cm³/mol. The molecule has 0 aliphatic carbocycles. The highest BCUT2D eigenvalue weighted by Gasteiger charge is 2.37. The van der Waals surface area contributed by atoms with E-state index in [-0.39, 0.29) is 5.82 Å². The van der Waals surface area contributed by atoms with E-state index in [9.17, 15) is 9.50 Å². The number of aryl methyl sites for hydroxylation is 1. The zero-order chi connectivity index (χ0) is 9.47. The van der Waals surface area contributed by atoms with E-state index in [1.165, 1.54) is 6.07 Å². The van der Waals surface area contributed by atoms with Gasteiger partial charge in [-0.05, 0) is 24.1 Å². The fourth-order valence-electron chi connectivity index (χ4n) is 1.40. The Morgan fingerprint density at radius 3 is 2.62 bits per heavy atom. The van der Waals surface area contributed by atoms with Gasteiger partial charge in [-0.2, -0.15) is 0 Å². The molecule has 1 aromatic rings. The van der Waals surface area contributed by atoms with Crippen molar-refractivity contribution in [3.05, 3.63) is 35.1 Å². The molecule has 1 saturated heterocycles. The number of hydrogen-bond acceptors (Lipinski definition) is 2. The molecule has 0 aromatic heterocycles. The highest BCUT2D eigenvalue weighted by Crippen LogP contribution is 2.29. The molecule has 0 saturated carbocycles. The minimum Gasteiger partial charge on any atom is -0.380 e. The zero-order valence-corrected chi connectivity index (χ0v) is 7.38. The van der Waals surface area contributed by atoms with Gasteiger partial charge in [-0.3, -0.25) is 0 Å². The van der Waals surface area contributed by atoms with Crippen LogP contribution in [0.1, 0.15) is 11.1 Å². The average Bonchev–Trinajstić information content (AvgIpc) is 2.06. The summed E-state index contributed by atoms with van der Waals surface area (Å²) >= 11 is 0. The van der Waals surface area contributed by atoms with Crippen molar-refractivity contribution in [2.24, 2.45) is 0 Å². The Morgan fingerprint density at radius 1 is 1.46 bits per heavy atom. The summed E-state index contributed by atoms with van der Waals surface area (Å²) in [5, 5.41) is 9.85. The van der Waals surface area contributed by atoms with Crippen molar-refractivity contribution >= 4 is 0 Å². The summed E-state index contributed by atoms with van der Waals surface area (Å²) in [5.41, 5.74) is 0.397. The van der Waals surface area contributed by atoms with Gasteiger partial charge in [0.2, 0.25) is 0 Å². The summed E-state index contributed by atoms with van der Waals surface area (Å²) in [7, 11) is 0. The molecule has 0 unspecified atom stereocenters. The Labute approximate surface area is 76.0 Å². The van der Waals surface area contributed by atoms with Crippen LogP contribution in [0.25, 0.3) is 0 Å². The van der Waals surface area contributed by atoms with E-state index < -0.39 is 5.60 Å². The third kappa shape index (κ3) is 1.34. The van der Waals surface area contributed by atoms with Crippen molar-refractivity contribution in [2.45, 2.75) is 12.5 Å². The second-order valence-corrected chi connectivity index (χ2v) is 3.49. The Bertz CT molecular complexity index is 332. The highest BCUT2D eigenvalue weighted by molar-refractivity contribution is 5.30. The summed E-state index contributed by atoms with van der Waals surface area (Å²) in [4.78, 5) is 0. The van der Waals surface area contributed by atoms with Crippen LogP contribution in [0.5, 0.6) is 0 Å². The molecule has 1 N–H and O–H groups in total. The molecule has 0 radical (unpaired) electrons. The summed E-state index contributed by atoms with van der Waals surface area (Å²) in [5.74, 6) is -0.243. The van der Waals surface area contributed by atoms with Crippen LogP contribution in [0.15, 0.2) is 18.2 Å². The molecule has 0 spiro atoms. The molecule has 1 aliphatic rings. The lowest BCUT2D eigenvalue weighted by Gasteiger charge is -2.36. The van der Waals surface area contributed by atoms with E-state index in [4.69, 9.17) is 4.74 Å². The van der Waals surface area contributed by atoms with Gasteiger partial charge in [0.25, 0.3) is 0 Å². The van der Waals surface area contributed by atoms with Gasteiger partial charge >= 0.3 is 0 Å². The predicted octanol–water partition coefficient (Wildman–Crippen LogP) is 1.35. The van der Waals surface area contributed by atoms with Gasteiger partial charge in [-0.1, -0.05) is 12.1 Å². The lowest BCUT2D eigenvalue weighted by Crippen LogP contribution is -2.46. The van der Waals surface area contributed by atoms with E-state index in [2.05, 4.69) is 0 Å². The van der Waals surface area contributed by atoms with Gasteiger partial charge in [-0.25, -0.2) is 4.39 Å². The second kappa shape index (κ2) is 2.79. The number of hydrogen-bond donors (Lipinski definition) is 1. The minimum atomic E-state index is -0.890. The number of halogens is 1. The average molecular weight is 182 g/mol. The molecule has 2 nitrogen and oxygen atoms in total. The van der Waals surface area contributed by atoms with Gasteiger partial charge in [0, 0.05) is 0 Å². The summed E-state index contributed by atoms with van der Waals surface area (Å²) < 4.78 is 17.8. The quantitative estimate of drug-likeness (QED) is 0.710. The first-order chi connectivity index (χ1) is 6.12. The molecule has 2 rings (SSSR count). The number of rotatable bonds is 1. The van der Waals surface area contributed by atoms with Gasteiger partial charge in [0.15, 0.2) is 0 Å². The zero-order valence-electron chi connectivity index (χ0n) is 7.38. The van der Waals surface area contributed by atoms with Crippen LogP contribution >= 0.6 is 0 Å². The fraction of sp³-hybridized carbons (Fsp3) is 0.400. The van der Waals surface area contributed by atoms with Crippen molar-refractivity contribution in [1.29, 1.82) is 0 Å². The molecular formula is C10H11FO2. The monoisotopic (exact) mass is 182 g/mol. The van der Waals surface area contributed by atoms with Crippen molar-refractivity contribution in [2.75, 3.05) is 13.2 Å². The lowest BCUT2D eigenvalue weighted by atomic mass is 9.91. The van der Waals surface area contributed by atoms with E-state index in [0.717, 1.165) is 5.56 Å². The van der Waals surface area contributed by atoms with Crippen LogP contribution in [-0.4, -0.2) is 18.3 Å². The first-order valence-corrected chi connectivity index (χ1v) is 4.19. The van der Waals surface area contributed by atoms with E-state index in [1.807, 2.05) is 0 Å². The van der Waals surface area contributed by atoms with E-state index in [0.29, 0.717) is 18.8 Å². The minimum absolute atomic E-state index is 0.243. The molecule has 1 aromatic carbocycles. The van der Waals surface area contributed by atoms with Crippen molar-refractivity contribution in [3.63, 3.8) is 0 Å². The number of benzene rings is 1. The standard InChI is InChI=1S/C10H11FO2/c1-7-4-8(2-3-9(7)11)10(12)5-13-6-10/h2-4,12H,5-6H2,1H3. The van der Waals surface area contributed by atoms with Crippen LogP contribution < -0.4 is 0 Å². The lowest BCUT2D eigenvalue weighted by molar-refractivity contribution is -0.184. The topological polar surface area (TPSA) is 29.5 Å². The second-order valence-electron chi connectivity index (χ2n) is 3.49. The Balaban J connectivity index is 2.36. The first-order valence-electron chi connectivity index (χ1n) is 4.19. The van der Waals surface area contributed by atoms with Gasteiger partial charge in [0.05, 0.1) is 13.2 Å². The normalized spacial score (nSPS) is 19.6. The van der Waals surface area contributed by atoms with Crippen LogP contribution in [0, 0.1) is 12.7 Å². The van der Waals surface area contributed by atoms with E-state index >= 15 is 0 Å². The summed E-state index contributed by atoms with van der Waals surface area (Å²) in [6.45, 7) is 2.29. The Kier molecular flexibility index (Phi) is 1.86. The Hall–Kier alpha value is -0.930. The van der Waals surface area contributed by atoms with Gasteiger partial charge in [0.1, 0.15) is 11.4 Å². The third-order valence-corrected chi connectivity index (χ3v) is 2.38. The maximum Gasteiger partial charge on any atom is 0.136 e. The van der Waals surface area contributed by atoms with Crippen LogP contribution in [0.2, 0.25) is 0 Å². The van der Waals surface area contributed by atoms with E-state index in [1.54, 1.807) is 19.1 Å². The molecule has 0 bridgehead atoms. The molecule has 1 aliphatic heterocycles. The van der Waals surface area contributed by atoms with Gasteiger partial charge in [-0.15, -0.1) is 0 Å². The third-order valence-electron chi connectivity index (χ3n) is 2.38. The molecule has 3 heteroatoms. The molecule has 70 valence electrons. The van der Waals surface area contributed by atoms with Gasteiger partial charge < -0.3 is 9.84 Å². The van der Waals surface area contributed by atoms with Crippen molar-refractivity contribution in [3.8, 4) is 0 Å². The number of ether oxygens (including phenoxy) is 1. The fourth-order valence-corrected chi connectivity index (χ4v) is 1.40. The SMILES string of the molecule is Cc1cc(C2(O)COC2)ccc1F. The van der Waals surface area contributed by atoms with Crippen LogP contribution in [0.3, 0.4) is 0 Å².